The second kappa shape index (κ2) is 5.94. The Labute approximate surface area is 125 Å². The van der Waals surface area contributed by atoms with E-state index < -0.39 is 11.9 Å². The molecule has 0 amide bonds. The average molecular weight is 311 g/mol. The highest BCUT2D eigenvalue weighted by Gasteiger charge is 2.32. The van der Waals surface area contributed by atoms with Crippen LogP contribution in [0.3, 0.4) is 0 Å². The fourth-order valence-corrected chi connectivity index (χ4v) is 2.62. The van der Waals surface area contributed by atoms with Crippen LogP contribution in [0.2, 0.25) is 0 Å². The Balaban J connectivity index is 1.63. The molecule has 0 aromatic carbocycles. The quantitative estimate of drug-likeness (QED) is 0.940. The molecule has 0 aliphatic heterocycles. The number of hydrogen-bond donors (Lipinski definition) is 1. The van der Waals surface area contributed by atoms with E-state index in [9.17, 15) is 13.2 Å². The summed E-state index contributed by atoms with van der Waals surface area (Å²) < 4.78 is 39.7. The molecule has 1 fully saturated rings. The smallest absolute Gasteiger partial charge is 0.348 e. The maximum Gasteiger partial charge on any atom is 0.433 e. The molecule has 1 aliphatic rings. The van der Waals surface area contributed by atoms with Crippen molar-refractivity contribution in [2.45, 2.75) is 44.4 Å². The lowest BCUT2D eigenvalue weighted by atomic mass is 10.3. The van der Waals surface area contributed by atoms with Gasteiger partial charge in [0, 0.05) is 12.4 Å². The van der Waals surface area contributed by atoms with Crippen LogP contribution in [0.15, 0.2) is 24.5 Å². The molecule has 2 aromatic rings. The largest absolute Gasteiger partial charge is 0.433 e. The zero-order valence-corrected chi connectivity index (χ0v) is 11.8. The summed E-state index contributed by atoms with van der Waals surface area (Å²) >= 11 is 0. The first-order valence-corrected chi connectivity index (χ1v) is 7.20. The summed E-state index contributed by atoms with van der Waals surface area (Å²) in [5.41, 5.74) is -0.200. The van der Waals surface area contributed by atoms with E-state index in [0.717, 1.165) is 30.8 Å². The van der Waals surface area contributed by atoms with E-state index in [2.05, 4.69) is 20.4 Å². The molecule has 1 aliphatic carbocycles. The van der Waals surface area contributed by atoms with Gasteiger partial charge in [-0.3, -0.25) is 4.68 Å². The van der Waals surface area contributed by atoms with Gasteiger partial charge < -0.3 is 5.32 Å². The van der Waals surface area contributed by atoms with E-state index >= 15 is 0 Å². The predicted molar refractivity (Wildman–Crippen MR) is 74.1 cm³/mol. The molecule has 0 atom stereocenters. The number of rotatable bonds is 4. The third kappa shape index (κ3) is 3.37. The maximum atomic E-state index is 12.6. The molecular weight excluding hydrogens is 295 g/mol. The van der Waals surface area contributed by atoms with Gasteiger partial charge in [-0.25, -0.2) is 9.97 Å². The number of nitrogens with zero attached hydrogens (tertiary/aromatic N) is 4. The van der Waals surface area contributed by atoms with Gasteiger partial charge in [0.15, 0.2) is 0 Å². The Bertz CT molecular complexity index is 631. The van der Waals surface area contributed by atoms with Crippen molar-refractivity contribution < 1.29 is 13.2 Å². The van der Waals surface area contributed by atoms with Gasteiger partial charge >= 0.3 is 6.18 Å². The van der Waals surface area contributed by atoms with E-state index in [-0.39, 0.29) is 5.95 Å². The molecule has 0 spiro atoms. The molecule has 0 saturated heterocycles. The Hall–Kier alpha value is -2.12. The van der Waals surface area contributed by atoms with Crippen molar-refractivity contribution in [1.29, 1.82) is 0 Å². The molecular formula is C14H16F3N5. The molecule has 1 saturated carbocycles. The van der Waals surface area contributed by atoms with Crippen LogP contribution in [0.4, 0.5) is 19.1 Å². The summed E-state index contributed by atoms with van der Waals surface area (Å²) in [5, 5.41) is 7.23. The first kappa shape index (κ1) is 14.8. The number of anilines is 1. The minimum atomic E-state index is -4.47. The zero-order chi connectivity index (χ0) is 15.6. The van der Waals surface area contributed by atoms with Gasteiger partial charge in [-0.1, -0.05) is 12.8 Å². The van der Waals surface area contributed by atoms with E-state index in [1.165, 1.54) is 12.8 Å². The Morgan fingerprint density at radius 3 is 2.73 bits per heavy atom. The highest BCUT2D eigenvalue weighted by Crippen LogP contribution is 2.29. The molecule has 5 nitrogen and oxygen atoms in total. The summed E-state index contributed by atoms with van der Waals surface area (Å²) in [6.45, 7) is 0.293. The first-order chi connectivity index (χ1) is 10.5. The topological polar surface area (TPSA) is 55.6 Å². The molecule has 0 bridgehead atoms. The fourth-order valence-electron chi connectivity index (χ4n) is 2.62. The van der Waals surface area contributed by atoms with Crippen LogP contribution in [0.1, 0.15) is 43.1 Å². The number of alkyl halides is 3. The van der Waals surface area contributed by atoms with Gasteiger partial charge in [0.05, 0.1) is 18.3 Å². The van der Waals surface area contributed by atoms with Crippen molar-refractivity contribution in [3.8, 4) is 0 Å². The normalized spacial score (nSPS) is 16.1. The minimum Gasteiger partial charge on any atom is -0.348 e. The SMILES string of the molecule is FC(F)(F)c1ccnc(NCc2ccn(C3CCCC3)n2)n1. The zero-order valence-electron chi connectivity index (χ0n) is 11.8. The number of hydrogen-bond acceptors (Lipinski definition) is 4. The lowest BCUT2D eigenvalue weighted by molar-refractivity contribution is -0.141. The van der Waals surface area contributed by atoms with Crippen molar-refractivity contribution >= 4 is 5.95 Å². The molecule has 1 N–H and O–H groups in total. The van der Waals surface area contributed by atoms with E-state index in [4.69, 9.17) is 0 Å². The molecule has 22 heavy (non-hydrogen) atoms. The molecule has 2 aromatic heterocycles. The van der Waals surface area contributed by atoms with E-state index in [0.29, 0.717) is 12.6 Å². The van der Waals surface area contributed by atoms with Gasteiger partial charge in [0.25, 0.3) is 0 Å². The molecule has 8 heteroatoms. The van der Waals surface area contributed by atoms with Gasteiger partial charge in [0.1, 0.15) is 5.69 Å². The van der Waals surface area contributed by atoms with Crippen LogP contribution in [0.25, 0.3) is 0 Å². The summed E-state index contributed by atoms with van der Waals surface area (Å²) in [4.78, 5) is 7.26. The first-order valence-electron chi connectivity index (χ1n) is 7.20. The van der Waals surface area contributed by atoms with Crippen molar-refractivity contribution in [3.05, 3.63) is 35.9 Å². The van der Waals surface area contributed by atoms with Crippen LogP contribution in [-0.2, 0) is 12.7 Å². The Morgan fingerprint density at radius 2 is 2.00 bits per heavy atom. The fraction of sp³-hybridized carbons (Fsp3) is 0.500. The highest BCUT2D eigenvalue weighted by molar-refractivity contribution is 5.27. The Morgan fingerprint density at radius 1 is 1.23 bits per heavy atom. The van der Waals surface area contributed by atoms with Gasteiger partial charge in [-0.05, 0) is 25.0 Å². The van der Waals surface area contributed by atoms with Gasteiger partial charge in [-0.15, -0.1) is 0 Å². The summed E-state index contributed by atoms with van der Waals surface area (Å²) in [6, 6.07) is 3.15. The molecule has 0 unspecified atom stereocenters. The van der Waals surface area contributed by atoms with Crippen LogP contribution in [0, 0.1) is 0 Å². The molecule has 118 valence electrons. The average Bonchev–Trinajstić information content (AvgIpc) is 3.15. The third-order valence-corrected chi connectivity index (χ3v) is 3.74. The van der Waals surface area contributed by atoms with Crippen molar-refractivity contribution in [2.24, 2.45) is 0 Å². The van der Waals surface area contributed by atoms with Crippen LogP contribution < -0.4 is 5.32 Å². The third-order valence-electron chi connectivity index (χ3n) is 3.74. The lowest BCUT2D eigenvalue weighted by Crippen LogP contribution is -2.12. The number of nitrogens with one attached hydrogen (secondary N) is 1. The van der Waals surface area contributed by atoms with Crippen LogP contribution >= 0.6 is 0 Å². The summed E-state index contributed by atoms with van der Waals surface area (Å²) in [7, 11) is 0. The summed E-state index contributed by atoms with van der Waals surface area (Å²) in [6.07, 6.45) is 3.24. The Kier molecular flexibility index (Phi) is 4.00. The van der Waals surface area contributed by atoms with E-state index in [1.807, 2.05) is 16.9 Å². The van der Waals surface area contributed by atoms with Gasteiger partial charge in [0.2, 0.25) is 5.95 Å². The van der Waals surface area contributed by atoms with Crippen molar-refractivity contribution in [2.75, 3.05) is 5.32 Å². The second-order valence-electron chi connectivity index (χ2n) is 5.34. The second-order valence-corrected chi connectivity index (χ2v) is 5.34. The number of aromatic nitrogens is 4. The minimum absolute atomic E-state index is 0.0507. The highest BCUT2D eigenvalue weighted by atomic mass is 19.4. The van der Waals surface area contributed by atoms with Crippen LogP contribution in [0.5, 0.6) is 0 Å². The van der Waals surface area contributed by atoms with Crippen molar-refractivity contribution in [1.82, 2.24) is 19.7 Å². The van der Waals surface area contributed by atoms with E-state index in [1.54, 1.807) is 0 Å². The monoisotopic (exact) mass is 311 g/mol. The molecule has 0 radical (unpaired) electrons. The van der Waals surface area contributed by atoms with Gasteiger partial charge in [-0.2, -0.15) is 18.3 Å². The summed E-state index contributed by atoms with van der Waals surface area (Å²) in [5.74, 6) is -0.0507. The molecule has 3 rings (SSSR count). The number of halogens is 3. The maximum absolute atomic E-state index is 12.6. The predicted octanol–water partition coefficient (Wildman–Crippen LogP) is 3.42. The molecule has 2 heterocycles. The van der Waals surface area contributed by atoms with Crippen molar-refractivity contribution in [3.63, 3.8) is 0 Å². The standard InChI is InChI=1S/C14H16F3N5/c15-14(16,17)12-5-7-18-13(20-12)19-9-10-6-8-22(21-10)11-3-1-2-4-11/h5-8,11H,1-4,9H2,(H,18,19,20). The lowest BCUT2D eigenvalue weighted by Gasteiger charge is -2.09. The van der Waals surface area contributed by atoms with Crippen LogP contribution in [-0.4, -0.2) is 19.7 Å².